The van der Waals surface area contributed by atoms with Gasteiger partial charge in [0.05, 0.1) is 6.54 Å². The van der Waals surface area contributed by atoms with Gasteiger partial charge in [-0.15, -0.1) is 0 Å². The second-order valence-corrected chi connectivity index (χ2v) is 7.76. The second kappa shape index (κ2) is 7.66. The lowest BCUT2D eigenvalue weighted by atomic mass is 10.0. The lowest BCUT2D eigenvalue weighted by Crippen LogP contribution is -2.50. The van der Waals surface area contributed by atoms with Gasteiger partial charge in [-0.2, -0.15) is 11.3 Å². The number of rotatable bonds is 5. The fourth-order valence-corrected chi connectivity index (χ4v) is 4.77. The molecule has 24 heavy (non-hydrogen) atoms. The van der Waals surface area contributed by atoms with Gasteiger partial charge in [0.2, 0.25) is 11.8 Å². The Morgan fingerprint density at radius 2 is 2.00 bits per heavy atom. The number of amides is 2. The van der Waals surface area contributed by atoms with Crippen LogP contribution >= 0.6 is 11.3 Å². The van der Waals surface area contributed by atoms with Crippen LogP contribution in [0.25, 0.3) is 0 Å². The minimum Gasteiger partial charge on any atom is -0.340 e. The van der Waals surface area contributed by atoms with E-state index in [-0.39, 0.29) is 11.8 Å². The van der Waals surface area contributed by atoms with Gasteiger partial charge in [-0.25, -0.2) is 0 Å². The molecule has 0 saturated carbocycles. The number of likely N-dealkylation sites (N-methyl/N-ethyl adjacent to an activating group) is 1. The average molecular weight is 350 g/mol. The standard InChI is InChI=1S/C18H27N3O2S/c1-14(22)21-9-4-6-17(21)16-5-3-8-20(16)12-18(23)19(2)11-15-7-10-24-13-15/h7,10,13,16-17H,3-6,8-9,11-12H2,1-2H3. The molecule has 0 radical (unpaired) electrons. The van der Waals surface area contributed by atoms with Crippen molar-refractivity contribution in [1.29, 1.82) is 0 Å². The van der Waals surface area contributed by atoms with E-state index in [2.05, 4.69) is 16.3 Å². The monoisotopic (exact) mass is 349 g/mol. The van der Waals surface area contributed by atoms with Crippen molar-refractivity contribution in [2.75, 3.05) is 26.7 Å². The van der Waals surface area contributed by atoms with Crippen LogP contribution in [0.2, 0.25) is 0 Å². The smallest absolute Gasteiger partial charge is 0.236 e. The van der Waals surface area contributed by atoms with Gasteiger partial charge in [-0.3, -0.25) is 14.5 Å². The average Bonchev–Trinajstić information content (AvgIpc) is 3.27. The first-order valence-electron chi connectivity index (χ1n) is 8.82. The first kappa shape index (κ1) is 17.4. The van der Waals surface area contributed by atoms with Crippen molar-refractivity contribution in [2.45, 2.75) is 51.2 Å². The highest BCUT2D eigenvalue weighted by atomic mass is 32.1. The van der Waals surface area contributed by atoms with Crippen LogP contribution in [-0.2, 0) is 16.1 Å². The Morgan fingerprint density at radius 1 is 1.25 bits per heavy atom. The zero-order valence-corrected chi connectivity index (χ0v) is 15.4. The molecule has 0 aromatic carbocycles. The second-order valence-electron chi connectivity index (χ2n) is 6.98. The molecule has 6 heteroatoms. The molecular formula is C18H27N3O2S. The molecule has 1 aromatic heterocycles. The highest BCUT2D eigenvalue weighted by Crippen LogP contribution is 2.30. The fraction of sp³-hybridized carbons (Fsp3) is 0.667. The van der Waals surface area contributed by atoms with E-state index in [9.17, 15) is 9.59 Å². The predicted molar refractivity (Wildman–Crippen MR) is 95.8 cm³/mol. The number of likely N-dealkylation sites (tertiary alicyclic amines) is 2. The van der Waals surface area contributed by atoms with Crippen molar-refractivity contribution in [3.63, 3.8) is 0 Å². The quantitative estimate of drug-likeness (QED) is 0.818. The number of hydrogen-bond donors (Lipinski definition) is 0. The highest BCUT2D eigenvalue weighted by Gasteiger charge is 2.39. The Hall–Kier alpha value is -1.40. The molecule has 2 fully saturated rings. The third-order valence-corrected chi connectivity index (χ3v) is 6.06. The zero-order chi connectivity index (χ0) is 17.1. The molecule has 2 saturated heterocycles. The normalized spacial score (nSPS) is 24.5. The van der Waals surface area contributed by atoms with Crippen molar-refractivity contribution < 1.29 is 9.59 Å². The SMILES string of the molecule is CC(=O)N1CCCC1C1CCCN1CC(=O)N(C)Cc1ccsc1. The molecule has 2 atom stereocenters. The summed E-state index contributed by atoms with van der Waals surface area (Å²) in [5.74, 6) is 0.339. The van der Waals surface area contributed by atoms with Gasteiger partial charge in [0.15, 0.2) is 0 Å². The molecule has 2 amide bonds. The molecule has 1 aromatic rings. The van der Waals surface area contributed by atoms with E-state index in [1.807, 2.05) is 22.2 Å². The van der Waals surface area contributed by atoms with Crippen LogP contribution in [0.15, 0.2) is 16.8 Å². The Kier molecular flexibility index (Phi) is 5.56. The number of carbonyl (C=O) groups excluding carboxylic acids is 2. The van der Waals surface area contributed by atoms with Gasteiger partial charge >= 0.3 is 0 Å². The number of carbonyl (C=O) groups is 2. The van der Waals surface area contributed by atoms with E-state index in [0.717, 1.165) is 38.8 Å². The van der Waals surface area contributed by atoms with Crippen LogP contribution in [0.3, 0.4) is 0 Å². The molecule has 0 aliphatic carbocycles. The number of thiophene rings is 1. The Labute approximate surface area is 148 Å². The van der Waals surface area contributed by atoms with Gasteiger partial charge in [0, 0.05) is 39.1 Å². The third kappa shape index (κ3) is 3.81. The minimum absolute atomic E-state index is 0.167. The van der Waals surface area contributed by atoms with Crippen molar-refractivity contribution in [3.8, 4) is 0 Å². The van der Waals surface area contributed by atoms with Crippen LogP contribution in [-0.4, -0.2) is 65.3 Å². The Balaban J connectivity index is 1.59. The van der Waals surface area contributed by atoms with Gasteiger partial charge in [0.25, 0.3) is 0 Å². The lowest BCUT2D eigenvalue weighted by Gasteiger charge is -2.35. The van der Waals surface area contributed by atoms with Crippen molar-refractivity contribution in [3.05, 3.63) is 22.4 Å². The molecule has 0 N–H and O–H groups in total. The van der Waals surface area contributed by atoms with Crippen molar-refractivity contribution in [1.82, 2.24) is 14.7 Å². The zero-order valence-electron chi connectivity index (χ0n) is 14.6. The van der Waals surface area contributed by atoms with E-state index in [1.165, 1.54) is 5.56 Å². The Bertz CT molecular complexity index is 575. The molecule has 0 spiro atoms. The Morgan fingerprint density at radius 3 is 2.71 bits per heavy atom. The van der Waals surface area contributed by atoms with Crippen LogP contribution in [0.5, 0.6) is 0 Å². The summed E-state index contributed by atoms with van der Waals surface area (Å²) >= 11 is 1.66. The van der Waals surface area contributed by atoms with E-state index >= 15 is 0 Å². The first-order chi connectivity index (χ1) is 11.6. The summed E-state index contributed by atoms with van der Waals surface area (Å²) in [4.78, 5) is 30.6. The largest absolute Gasteiger partial charge is 0.340 e. The molecular weight excluding hydrogens is 322 g/mol. The van der Waals surface area contributed by atoms with Gasteiger partial charge in [-0.1, -0.05) is 0 Å². The summed E-state index contributed by atoms with van der Waals surface area (Å²) in [6.45, 7) is 4.63. The van der Waals surface area contributed by atoms with Crippen LogP contribution in [0.1, 0.15) is 38.2 Å². The van der Waals surface area contributed by atoms with E-state index in [4.69, 9.17) is 0 Å². The summed E-state index contributed by atoms with van der Waals surface area (Å²) in [6, 6.07) is 2.70. The van der Waals surface area contributed by atoms with Gasteiger partial charge in [-0.05, 0) is 54.6 Å². The maximum atomic E-state index is 12.6. The molecule has 3 rings (SSSR count). The summed E-state index contributed by atoms with van der Waals surface area (Å²) in [6.07, 6.45) is 4.37. The molecule has 3 heterocycles. The number of nitrogens with zero attached hydrogens (tertiary/aromatic N) is 3. The third-order valence-electron chi connectivity index (χ3n) is 5.33. The van der Waals surface area contributed by atoms with E-state index in [1.54, 1.807) is 18.3 Å². The van der Waals surface area contributed by atoms with Crippen molar-refractivity contribution >= 4 is 23.2 Å². The van der Waals surface area contributed by atoms with E-state index < -0.39 is 0 Å². The molecule has 2 aliphatic heterocycles. The fourth-order valence-electron chi connectivity index (χ4n) is 4.11. The minimum atomic E-state index is 0.167. The predicted octanol–water partition coefficient (Wildman–Crippen LogP) is 2.18. The summed E-state index contributed by atoms with van der Waals surface area (Å²) in [7, 11) is 1.88. The molecule has 0 bridgehead atoms. The summed E-state index contributed by atoms with van der Waals surface area (Å²) < 4.78 is 0. The van der Waals surface area contributed by atoms with Crippen LogP contribution in [0.4, 0.5) is 0 Å². The summed E-state index contributed by atoms with van der Waals surface area (Å²) in [5.41, 5.74) is 1.19. The van der Waals surface area contributed by atoms with Crippen molar-refractivity contribution in [2.24, 2.45) is 0 Å². The topological polar surface area (TPSA) is 43.9 Å². The van der Waals surface area contributed by atoms with Gasteiger partial charge < -0.3 is 9.80 Å². The van der Waals surface area contributed by atoms with Gasteiger partial charge in [0.1, 0.15) is 0 Å². The van der Waals surface area contributed by atoms with Crippen LogP contribution < -0.4 is 0 Å². The lowest BCUT2D eigenvalue weighted by molar-refractivity contribution is -0.133. The maximum absolute atomic E-state index is 12.6. The van der Waals surface area contributed by atoms with E-state index in [0.29, 0.717) is 25.2 Å². The van der Waals surface area contributed by atoms with Crippen LogP contribution in [0, 0.1) is 0 Å². The molecule has 132 valence electrons. The molecule has 5 nitrogen and oxygen atoms in total. The molecule has 2 aliphatic rings. The number of hydrogen-bond acceptors (Lipinski definition) is 4. The molecule has 2 unspecified atom stereocenters. The highest BCUT2D eigenvalue weighted by molar-refractivity contribution is 7.07. The maximum Gasteiger partial charge on any atom is 0.236 e. The first-order valence-corrected chi connectivity index (χ1v) is 9.77. The summed E-state index contributed by atoms with van der Waals surface area (Å²) in [5, 5.41) is 4.13.